The molecule has 78 valence electrons. The number of hydrogen-bond donors (Lipinski definition) is 1. The van der Waals surface area contributed by atoms with Gasteiger partial charge in [-0.2, -0.15) is 0 Å². The number of nitrogen functional groups attached to an aromatic ring is 1. The first-order valence-electron chi connectivity index (χ1n) is 4.95. The molecule has 0 fully saturated rings. The van der Waals surface area contributed by atoms with Crippen molar-refractivity contribution in [3.63, 3.8) is 0 Å². The van der Waals surface area contributed by atoms with Crippen LogP contribution in [0.4, 0.5) is 5.69 Å². The molecular weight excluding hydrogens is 205 g/mol. The molecule has 0 saturated heterocycles. The minimum Gasteiger partial charge on any atom is -0.399 e. The lowest BCUT2D eigenvalue weighted by atomic mass is 10.2. The zero-order chi connectivity index (χ0) is 10.7. The molecule has 1 heterocycles. The van der Waals surface area contributed by atoms with E-state index in [1.54, 1.807) is 0 Å². The Morgan fingerprint density at radius 2 is 1.93 bits per heavy atom. The Morgan fingerprint density at radius 1 is 1.20 bits per heavy atom. The van der Waals surface area contributed by atoms with E-state index in [-0.39, 0.29) is 0 Å². The van der Waals surface area contributed by atoms with Crippen LogP contribution in [0, 0.1) is 0 Å². The van der Waals surface area contributed by atoms with Crippen LogP contribution in [-0.4, -0.2) is 6.16 Å². The number of hydrogen-bond acceptors (Lipinski definition) is 2. The summed E-state index contributed by atoms with van der Waals surface area (Å²) in [7, 11) is -2.16. The van der Waals surface area contributed by atoms with E-state index in [9.17, 15) is 4.57 Å². The van der Waals surface area contributed by atoms with Gasteiger partial charge in [-0.25, -0.2) is 0 Å². The number of allylic oxidation sites excluding steroid dienone is 3. The van der Waals surface area contributed by atoms with Crippen LogP contribution in [0.2, 0.25) is 0 Å². The highest BCUT2D eigenvalue weighted by molar-refractivity contribution is 7.66. The molecule has 0 spiro atoms. The van der Waals surface area contributed by atoms with Crippen molar-refractivity contribution in [2.45, 2.75) is 6.16 Å². The maximum absolute atomic E-state index is 12.3. The van der Waals surface area contributed by atoms with E-state index in [1.807, 2.05) is 48.3 Å². The first-order valence-corrected chi connectivity index (χ1v) is 7.09. The molecule has 0 aliphatic carbocycles. The van der Waals surface area contributed by atoms with Gasteiger partial charge >= 0.3 is 0 Å². The fraction of sp³-hybridized carbons (Fsp3) is 0.167. The summed E-state index contributed by atoms with van der Waals surface area (Å²) in [6.45, 7) is 0. The van der Waals surface area contributed by atoms with Crippen molar-refractivity contribution in [2.75, 3.05) is 11.9 Å². The standard InChI is InChI=1S/C12H14NOP/c13-12-6-4-11(5-7-12)10-15(14)8-2-1-3-9-15/h1-8H,9-10,13H2. The average molecular weight is 219 g/mol. The molecule has 2 nitrogen and oxygen atoms in total. The molecule has 15 heavy (non-hydrogen) atoms. The summed E-state index contributed by atoms with van der Waals surface area (Å²) in [5.74, 6) is 1.85. The smallest absolute Gasteiger partial charge is 0.116 e. The van der Waals surface area contributed by atoms with E-state index >= 15 is 0 Å². The molecule has 0 amide bonds. The minimum atomic E-state index is -2.16. The lowest BCUT2D eigenvalue weighted by Gasteiger charge is -2.14. The molecule has 0 aromatic heterocycles. The van der Waals surface area contributed by atoms with Crippen molar-refractivity contribution in [2.24, 2.45) is 0 Å². The van der Waals surface area contributed by atoms with E-state index < -0.39 is 7.14 Å². The molecule has 3 heteroatoms. The Hall–Kier alpha value is -1.27. The average Bonchev–Trinajstić information content (AvgIpc) is 2.22. The first-order chi connectivity index (χ1) is 7.18. The van der Waals surface area contributed by atoms with Crippen LogP contribution in [0.3, 0.4) is 0 Å². The van der Waals surface area contributed by atoms with Crippen molar-refractivity contribution >= 4 is 12.8 Å². The summed E-state index contributed by atoms with van der Waals surface area (Å²) < 4.78 is 12.3. The van der Waals surface area contributed by atoms with Crippen LogP contribution in [0.15, 0.2) is 48.3 Å². The lowest BCUT2D eigenvalue weighted by molar-refractivity contribution is 0.581. The second-order valence-corrected chi connectivity index (χ2v) is 6.69. The maximum atomic E-state index is 12.3. The van der Waals surface area contributed by atoms with E-state index in [0.717, 1.165) is 11.3 Å². The molecule has 0 bridgehead atoms. The van der Waals surface area contributed by atoms with Crippen LogP contribution in [0.1, 0.15) is 5.56 Å². The Balaban J connectivity index is 2.15. The van der Waals surface area contributed by atoms with Crippen molar-refractivity contribution in [1.29, 1.82) is 0 Å². The zero-order valence-electron chi connectivity index (χ0n) is 8.47. The molecule has 0 saturated carbocycles. The largest absolute Gasteiger partial charge is 0.399 e. The highest BCUT2D eigenvalue weighted by atomic mass is 31.2. The predicted octanol–water partition coefficient (Wildman–Crippen LogP) is 3.22. The zero-order valence-corrected chi connectivity index (χ0v) is 9.36. The Morgan fingerprint density at radius 3 is 2.53 bits per heavy atom. The third kappa shape index (κ3) is 2.60. The molecule has 1 aromatic rings. The van der Waals surface area contributed by atoms with Crippen molar-refractivity contribution in [3.8, 4) is 0 Å². The summed E-state index contributed by atoms with van der Waals surface area (Å²) >= 11 is 0. The summed E-state index contributed by atoms with van der Waals surface area (Å²) in [6, 6.07) is 7.60. The Labute approximate surface area is 89.9 Å². The van der Waals surface area contributed by atoms with Gasteiger partial charge in [-0.3, -0.25) is 0 Å². The molecule has 1 atom stereocenters. The van der Waals surface area contributed by atoms with Gasteiger partial charge in [0.2, 0.25) is 0 Å². The Bertz CT molecular complexity index is 445. The van der Waals surface area contributed by atoms with Gasteiger partial charge in [-0.1, -0.05) is 30.4 Å². The second-order valence-electron chi connectivity index (χ2n) is 3.80. The monoisotopic (exact) mass is 219 g/mol. The molecular formula is C12H14NOP. The van der Waals surface area contributed by atoms with E-state index in [0.29, 0.717) is 12.3 Å². The third-order valence-electron chi connectivity index (χ3n) is 2.45. The lowest BCUT2D eigenvalue weighted by Crippen LogP contribution is -1.93. The quantitative estimate of drug-likeness (QED) is 0.613. The topological polar surface area (TPSA) is 43.1 Å². The van der Waals surface area contributed by atoms with Crippen molar-refractivity contribution in [1.82, 2.24) is 0 Å². The fourth-order valence-electron chi connectivity index (χ4n) is 1.63. The minimum absolute atomic E-state index is 0.633. The number of nitrogens with two attached hydrogens (primary N) is 1. The third-order valence-corrected chi connectivity index (χ3v) is 4.89. The Kier molecular flexibility index (Phi) is 2.79. The predicted molar refractivity (Wildman–Crippen MR) is 65.3 cm³/mol. The summed E-state index contributed by atoms with van der Waals surface area (Å²) in [4.78, 5) is 0. The first kappa shape index (κ1) is 10.3. The summed E-state index contributed by atoms with van der Waals surface area (Å²) in [6.07, 6.45) is 7.10. The van der Waals surface area contributed by atoms with Crippen LogP contribution in [0.5, 0.6) is 0 Å². The van der Waals surface area contributed by atoms with Crippen molar-refractivity contribution < 1.29 is 4.57 Å². The maximum Gasteiger partial charge on any atom is 0.116 e. The number of benzene rings is 1. The number of anilines is 1. The molecule has 1 aromatic carbocycles. The highest BCUT2D eigenvalue weighted by Gasteiger charge is 2.18. The van der Waals surface area contributed by atoms with Gasteiger partial charge in [-0.15, -0.1) is 0 Å². The molecule has 1 aliphatic rings. The molecule has 2 N–H and O–H groups in total. The van der Waals surface area contributed by atoms with Gasteiger partial charge in [0.1, 0.15) is 7.14 Å². The molecule has 2 rings (SSSR count). The van der Waals surface area contributed by atoms with Gasteiger partial charge in [0.05, 0.1) is 0 Å². The summed E-state index contributed by atoms with van der Waals surface area (Å²) in [5.41, 5.74) is 7.44. The van der Waals surface area contributed by atoms with Gasteiger partial charge in [0, 0.05) is 18.0 Å². The SMILES string of the molecule is Nc1ccc(CP2(=O)C=CC=CC2)cc1. The molecule has 1 aliphatic heterocycles. The van der Waals surface area contributed by atoms with Gasteiger partial charge < -0.3 is 10.3 Å². The van der Waals surface area contributed by atoms with E-state index in [4.69, 9.17) is 5.73 Å². The van der Waals surface area contributed by atoms with E-state index in [2.05, 4.69) is 0 Å². The molecule has 1 unspecified atom stereocenters. The number of rotatable bonds is 2. The summed E-state index contributed by atoms with van der Waals surface area (Å²) in [5, 5.41) is 0. The normalized spacial score (nSPS) is 24.3. The molecule has 0 radical (unpaired) electrons. The van der Waals surface area contributed by atoms with E-state index in [1.165, 1.54) is 0 Å². The highest BCUT2D eigenvalue weighted by Crippen LogP contribution is 2.51. The second kappa shape index (κ2) is 4.08. The fourth-order valence-corrected chi connectivity index (χ4v) is 3.71. The van der Waals surface area contributed by atoms with Crippen LogP contribution >= 0.6 is 7.14 Å². The van der Waals surface area contributed by atoms with Gasteiger partial charge in [0.25, 0.3) is 0 Å². The van der Waals surface area contributed by atoms with Crippen LogP contribution < -0.4 is 5.73 Å². The van der Waals surface area contributed by atoms with Gasteiger partial charge in [0.15, 0.2) is 0 Å². The van der Waals surface area contributed by atoms with Crippen molar-refractivity contribution in [3.05, 3.63) is 53.9 Å². The van der Waals surface area contributed by atoms with Gasteiger partial charge in [-0.05, 0) is 23.5 Å². The van der Waals surface area contributed by atoms with Crippen LogP contribution in [-0.2, 0) is 10.7 Å². The van der Waals surface area contributed by atoms with Crippen LogP contribution in [0.25, 0.3) is 0 Å².